The van der Waals surface area contributed by atoms with Crippen LogP contribution in [-0.4, -0.2) is 9.46 Å². The molecule has 1 aliphatic rings. The first-order valence-electron chi connectivity index (χ1n) is 3.78. The minimum Gasteiger partial charge on any atom is -0.130 e. The largest absolute Gasteiger partial charge is 0.241 e. The van der Waals surface area contributed by atoms with E-state index in [4.69, 9.17) is 34.8 Å². The highest BCUT2D eigenvalue weighted by Crippen LogP contribution is 2.47. The smallest absolute Gasteiger partial charge is 0.130 e. The monoisotopic (exact) mass is 242 g/mol. The van der Waals surface area contributed by atoms with E-state index in [1.165, 1.54) is 0 Å². The number of alkyl halides is 3. The van der Waals surface area contributed by atoms with Crippen LogP contribution in [0.2, 0.25) is 0 Å². The number of hydrogen-bond donors (Lipinski definition) is 0. The van der Waals surface area contributed by atoms with Gasteiger partial charge in [-0.15, -0.1) is 10.2 Å². The molecule has 7 heteroatoms. The van der Waals surface area contributed by atoms with Gasteiger partial charge in [0, 0.05) is 6.42 Å². The summed E-state index contributed by atoms with van der Waals surface area (Å²) >= 11 is 17.3. The SMILES string of the molecule is CC(C)CC1(C(Cl)(Cl)Cl)N=NN=N1. The summed E-state index contributed by atoms with van der Waals surface area (Å²) in [6, 6.07) is 0. The van der Waals surface area contributed by atoms with Crippen molar-refractivity contribution in [2.45, 2.75) is 29.7 Å². The van der Waals surface area contributed by atoms with E-state index in [1.807, 2.05) is 13.8 Å². The number of rotatable bonds is 2. The molecule has 0 atom stereocenters. The summed E-state index contributed by atoms with van der Waals surface area (Å²) in [5, 5.41) is 14.3. The standard InChI is InChI=1S/C6H9Cl3N4/c1-4(2)3-5(6(7,8)9)10-12-13-11-5/h4H,3H2,1-2H3. The van der Waals surface area contributed by atoms with Crippen LogP contribution in [0.25, 0.3) is 0 Å². The fourth-order valence-corrected chi connectivity index (χ4v) is 1.55. The zero-order chi connectivity index (χ0) is 10.1. The summed E-state index contributed by atoms with van der Waals surface area (Å²) in [5.74, 6) is 0.298. The van der Waals surface area contributed by atoms with Crippen LogP contribution in [0.4, 0.5) is 0 Å². The second-order valence-electron chi connectivity index (χ2n) is 3.29. The molecular formula is C6H9Cl3N4. The van der Waals surface area contributed by atoms with Gasteiger partial charge in [0.05, 0.1) is 0 Å². The molecule has 0 bridgehead atoms. The van der Waals surface area contributed by atoms with Crippen LogP contribution >= 0.6 is 34.8 Å². The van der Waals surface area contributed by atoms with Crippen molar-refractivity contribution in [3.8, 4) is 0 Å². The van der Waals surface area contributed by atoms with E-state index in [1.54, 1.807) is 0 Å². The van der Waals surface area contributed by atoms with Gasteiger partial charge in [-0.05, 0) is 16.4 Å². The average Bonchev–Trinajstić information content (AvgIpc) is 2.33. The van der Waals surface area contributed by atoms with Crippen molar-refractivity contribution in [1.82, 2.24) is 0 Å². The molecule has 0 aromatic rings. The van der Waals surface area contributed by atoms with Crippen molar-refractivity contribution in [3.63, 3.8) is 0 Å². The fourth-order valence-electron chi connectivity index (χ4n) is 1.09. The van der Waals surface area contributed by atoms with Gasteiger partial charge in [-0.1, -0.05) is 48.7 Å². The second-order valence-corrected chi connectivity index (χ2v) is 5.57. The Morgan fingerprint density at radius 3 is 1.92 bits per heavy atom. The third kappa shape index (κ3) is 2.30. The molecule has 0 aromatic carbocycles. The molecule has 74 valence electrons. The van der Waals surface area contributed by atoms with Crippen LogP contribution in [0.3, 0.4) is 0 Å². The number of halogens is 3. The third-order valence-electron chi connectivity index (χ3n) is 1.61. The van der Waals surface area contributed by atoms with Gasteiger partial charge in [0.1, 0.15) is 0 Å². The molecular weight excluding hydrogens is 234 g/mol. The molecule has 1 heterocycles. The van der Waals surface area contributed by atoms with E-state index in [-0.39, 0.29) is 0 Å². The Labute approximate surface area is 91.3 Å². The first-order chi connectivity index (χ1) is 5.87. The molecule has 0 aromatic heterocycles. The van der Waals surface area contributed by atoms with Crippen molar-refractivity contribution >= 4 is 34.8 Å². The van der Waals surface area contributed by atoms with Gasteiger partial charge in [-0.25, -0.2) is 0 Å². The molecule has 0 radical (unpaired) electrons. The van der Waals surface area contributed by atoms with Gasteiger partial charge in [-0.3, -0.25) is 0 Å². The van der Waals surface area contributed by atoms with Crippen LogP contribution < -0.4 is 0 Å². The number of nitrogens with zero attached hydrogens (tertiary/aromatic N) is 4. The molecule has 0 N–H and O–H groups in total. The Bertz CT molecular complexity index is 231. The lowest BCUT2D eigenvalue weighted by Gasteiger charge is -2.28. The minimum absolute atomic E-state index is 0.298. The van der Waals surface area contributed by atoms with Crippen molar-refractivity contribution in [3.05, 3.63) is 0 Å². The van der Waals surface area contributed by atoms with E-state index in [9.17, 15) is 0 Å². The normalized spacial score (nSPS) is 20.2. The van der Waals surface area contributed by atoms with Crippen LogP contribution in [0.1, 0.15) is 20.3 Å². The summed E-state index contributed by atoms with van der Waals surface area (Å²) < 4.78 is -1.60. The van der Waals surface area contributed by atoms with Crippen molar-refractivity contribution < 1.29 is 0 Å². The minimum atomic E-state index is -1.60. The molecule has 0 aliphatic carbocycles. The van der Waals surface area contributed by atoms with Crippen molar-refractivity contribution in [2.24, 2.45) is 26.6 Å². The molecule has 0 saturated heterocycles. The molecule has 1 aliphatic heterocycles. The van der Waals surface area contributed by atoms with Crippen LogP contribution in [0.15, 0.2) is 20.7 Å². The van der Waals surface area contributed by atoms with E-state index in [2.05, 4.69) is 20.7 Å². The van der Waals surface area contributed by atoms with E-state index in [0.717, 1.165) is 0 Å². The highest BCUT2D eigenvalue weighted by Gasteiger charge is 2.52. The van der Waals surface area contributed by atoms with Gasteiger partial charge >= 0.3 is 0 Å². The van der Waals surface area contributed by atoms with Crippen LogP contribution in [0.5, 0.6) is 0 Å². The molecule has 0 fully saturated rings. The van der Waals surface area contributed by atoms with E-state index >= 15 is 0 Å². The lowest BCUT2D eigenvalue weighted by molar-refractivity contribution is 0.356. The predicted octanol–water partition coefficient (Wildman–Crippen LogP) is 3.93. The Hall–Kier alpha value is 0.0700. The Balaban J connectivity index is 2.90. The predicted molar refractivity (Wildman–Crippen MR) is 52.2 cm³/mol. The number of hydrogen-bond acceptors (Lipinski definition) is 4. The van der Waals surface area contributed by atoms with Gasteiger partial charge in [0.2, 0.25) is 9.46 Å². The molecule has 0 unspecified atom stereocenters. The van der Waals surface area contributed by atoms with E-state index < -0.39 is 9.46 Å². The maximum Gasteiger partial charge on any atom is 0.241 e. The zero-order valence-corrected chi connectivity index (χ0v) is 9.47. The summed E-state index contributed by atoms with van der Waals surface area (Å²) in [6.45, 7) is 3.98. The molecule has 0 saturated carbocycles. The molecule has 1 rings (SSSR count). The summed E-state index contributed by atoms with van der Waals surface area (Å²) in [5.41, 5.74) is -1.13. The second kappa shape index (κ2) is 3.67. The lowest BCUT2D eigenvalue weighted by Crippen LogP contribution is -2.38. The Morgan fingerprint density at radius 1 is 1.15 bits per heavy atom. The first-order valence-corrected chi connectivity index (χ1v) is 4.91. The summed E-state index contributed by atoms with van der Waals surface area (Å²) in [7, 11) is 0. The maximum absolute atomic E-state index is 5.76. The topological polar surface area (TPSA) is 49.4 Å². The van der Waals surface area contributed by atoms with Crippen LogP contribution in [0, 0.1) is 5.92 Å². The van der Waals surface area contributed by atoms with Gasteiger partial charge < -0.3 is 0 Å². The fraction of sp³-hybridized carbons (Fsp3) is 1.00. The molecule has 0 amide bonds. The van der Waals surface area contributed by atoms with Gasteiger partial charge in [-0.2, -0.15) is 0 Å². The van der Waals surface area contributed by atoms with Gasteiger partial charge in [0.25, 0.3) is 0 Å². The lowest BCUT2D eigenvalue weighted by atomic mass is 10.0. The highest BCUT2D eigenvalue weighted by molar-refractivity contribution is 6.68. The highest BCUT2D eigenvalue weighted by atomic mass is 35.6. The third-order valence-corrected chi connectivity index (χ3v) is 2.52. The first kappa shape index (κ1) is 11.1. The molecule has 13 heavy (non-hydrogen) atoms. The van der Waals surface area contributed by atoms with Crippen molar-refractivity contribution in [2.75, 3.05) is 0 Å². The maximum atomic E-state index is 5.76. The quantitative estimate of drug-likeness (QED) is 0.660. The molecule has 0 spiro atoms. The Morgan fingerprint density at radius 2 is 1.62 bits per heavy atom. The van der Waals surface area contributed by atoms with Crippen LogP contribution in [-0.2, 0) is 0 Å². The zero-order valence-electron chi connectivity index (χ0n) is 7.21. The molecule has 4 nitrogen and oxygen atoms in total. The summed E-state index contributed by atoms with van der Waals surface area (Å²) in [6.07, 6.45) is 0.510. The van der Waals surface area contributed by atoms with E-state index in [0.29, 0.717) is 12.3 Å². The average molecular weight is 244 g/mol. The Kier molecular flexibility index (Phi) is 3.15. The van der Waals surface area contributed by atoms with Gasteiger partial charge in [0.15, 0.2) is 0 Å². The summed E-state index contributed by atoms with van der Waals surface area (Å²) in [4.78, 5) is 0. The van der Waals surface area contributed by atoms with Crippen molar-refractivity contribution in [1.29, 1.82) is 0 Å².